The summed E-state index contributed by atoms with van der Waals surface area (Å²) >= 11 is 18.4. The summed E-state index contributed by atoms with van der Waals surface area (Å²) in [4.78, 5) is 12.3. The Kier molecular flexibility index (Phi) is 5.89. The molecule has 0 radical (unpaired) electrons. The van der Waals surface area contributed by atoms with Crippen LogP contribution in [-0.4, -0.2) is 30.4 Å². The van der Waals surface area contributed by atoms with Gasteiger partial charge in [-0.25, -0.2) is 22.2 Å². The van der Waals surface area contributed by atoms with Crippen LogP contribution in [0.5, 0.6) is 0 Å². The number of nitrogens with zero attached hydrogens (tertiary/aromatic N) is 2. The lowest BCUT2D eigenvalue weighted by atomic mass is 10.0. The molecule has 1 N–H and O–H groups in total. The summed E-state index contributed by atoms with van der Waals surface area (Å²) in [5, 5.41) is 5.47. The predicted octanol–water partition coefficient (Wildman–Crippen LogP) is 5.48. The minimum Gasteiger partial charge on any atom is -0.268 e. The predicted molar refractivity (Wildman–Crippen MR) is 124 cm³/mol. The molecule has 1 aromatic heterocycles. The third-order valence-electron chi connectivity index (χ3n) is 4.58. The van der Waals surface area contributed by atoms with Crippen molar-refractivity contribution in [3.05, 3.63) is 81.2 Å². The fraction of sp³-hybridized carbons (Fsp3) is 0.0476. The van der Waals surface area contributed by atoms with Gasteiger partial charge in [-0.15, -0.1) is 0 Å². The molecule has 4 rings (SSSR count). The van der Waals surface area contributed by atoms with Gasteiger partial charge in [0.15, 0.2) is 11.0 Å². The van der Waals surface area contributed by atoms with Crippen molar-refractivity contribution >= 4 is 61.6 Å². The van der Waals surface area contributed by atoms with Gasteiger partial charge in [0.05, 0.1) is 17.3 Å². The smallest absolute Gasteiger partial charge is 0.267 e. The van der Waals surface area contributed by atoms with E-state index in [2.05, 4.69) is 5.10 Å². The molecular weight excluding hydrogens is 500 g/mol. The zero-order chi connectivity index (χ0) is 23.2. The highest BCUT2D eigenvalue weighted by atomic mass is 35.5. The molecule has 0 fully saturated rings. The van der Waals surface area contributed by atoms with Crippen LogP contribution in [0.3, 0.4) is 0 Å². The molecule has 11 heteroatoms. The lowest BCUT2D eigenvalue weighted by Gasteiger charge is -2.11. The number of halogens is 4. The molecule has 1 heterocycles. The Morgan fingerprint density at radius 2 is 1.62 bits per heavy atom. The zero-order valence-electron chi connectivity index (χ0n) is 16.2. The molecule has 0 aliphatic carbocycles. The molecule has 0 spiro atoms. The normalized spacial score (nSPS) is 11.7. The summed E-state index contributed by atoms with van der Waals surface area (Å²) in [5.74, 6) is -2.15. The maximum Gasteiger partial charge on any atom is 0.267 e. The lowest BCUT2D eigenvalue weighted by molar-refractivity contribution is 0.0977. The van der Waals surface area contributed by atoms with Crippen LogP contribution in [0.25, 0.3) is 27.7 Å². The Bertz CT molecular complexity index is 1490. The SMILES string of the molecule is CS(=O)(=O)NC(=O)c1cc(Cl)cc(-n2nc(Cl)c3cc(-c4ccc(Cl)cc4)ccc32)c1F. The van der Waals surface area contributed by atoms with E-state index in [4.69, 9.17) is 34.8 Å². The Balaban J connectivity index is 1.85. The molecule has 0 atom stereocenters. The molecule has 3 aromatic carbocycles. The van der Waals surface area contributed by atoms with Crippen molar-refractivity contribution in [1.29, 1.82) is 0 Å². The summed E-state index contributed by atoms with van der Waals surface area (Å²) in [6.45, 7) is 0. The quantitative estimate of drug-likeness (QED) is 0.392. The van der Waals surface area contributed by atoms with Crippen LogP contribution in [-0.2, 0) is 10.0 Å². The number of hydrogen-bond acceptors (Lipinski definition) is 4. The Hall–Kier alpha value is -2.65. The summed E-state index contributed by atoms with van der Waals surface area (Å²) in [6.07, 6.45) is 0.785. The van der Waals surface area contributed by atoms with E-state index in [1.165, 1.54) is 10.7 Å². The van der Waals surface area contributed by atoms with Crippen molar-refractivity contribution in [2.75, 3.05) is 6.26 Å². The second-order valence-corrected chi connectivity index (χ2v) is 9.91. The van der Waals surface area contributed by atoms with Crippen LogP contribution in [0.4, 0.5) is 4.39 Å². The Labute approximate surface area is 197 Å². The maximum atomic E-state index is 15.3. The molecule has 0 unspecified atom stereocenters. The average Bonchev–Trinajstić information content (AvgIpc) is 3.04. The maximum absolute atomic E-state index is 15.3. The van der Waals surface area contributed by atoms with E-state index in [0.29, 0.717) is 15.9 Å². The van der Waals surface area contributed by atoms with Gasteiger partial charge in [0.1, 0.15) is 5.69 Å². The molecule has 0 aliphatic heterocycles. The minimum absolute atomic E-state index is 0.0117. The number of carbonyl (C=O) groups excluding carboxylic acids is 1. The molecule has 0 saturated carbocycles. The van der Waals surface area contributed by atoms with Crippen molar-refractivity contribution in [2.45, 2.75) is 0 Å². The van der Waals surface area contributed by atoms with E-state index >= 15 is 4.39 Å². The standard InChI is InChI=1S/C21H13Cl3FN3O3S/c1-32(30,31)27-21(29)16-9-14(23)10-18(19(16)25)28-17-7-4-12(8-15(17)20(24)26-28)11-2-5-13(22)6-3-11/h2-10H,1H3,(H,27,29). The first-order valence-corrected chi connectivity index (χ1v) is 12.0. The number of carbonyl (C=O) groups is 1. The van der Waals surface area contributed by atoms with Crippen LogP contribution in [0, 0.1) is 5.82 Å². The van der Waals surface area contributed by atoms with Crippen molar-refractivity contribution in [3.8, 4) is 16.8 Å². The first-order chi connectivity index (χ1) is 15.0. The highest BCUT2D eigenvalue weighted by Gasteiger charge is 2.22. The molecule has 6 nitrogen and oxygen atoms in total. The van der Waals surface area contributed by atoms with Crippen molar-refractivity contribution in [3.63, 3.8) is 0 Å². The molecule has 32 heavy (non-hydrogen) atoms. The van der Waals surface area contributed by atoms with E-state index in [1.54, 1.807) is 35.1 Å². The second kappa shape index (κ2) is 8.37. The molecule has 0 bridgehead atoms. The van der Waals surface area contributed by atoms with Gasteiger partial charge in [-0.2, -0.15) is 5.10 Å². The summed E-state index contributed by atoms with van der Waals surface area (Å²) in [5.41, 5.74) is 1.50. The first-order valence-electron chi connectivity index (χ1n) is 8.99. The Morgan fingerprint density at radius 1 is 0.969 bits per heavy atom. The van der Waals surface area contributed by atoms with Gasteiger partial charge in [-0.3, -0.25) is 4.79 Å². The third-order valence-corrected chi connectivity index (χ3v) is 5.89. The Morgan fingerprint density at radius 3 is 2.28 bits per heavy atom. The topological polar surface area (TPSA) is 81.1 Å². The van der Waals surface area contributed by atoms with Gasteiger partial charge in [0, 0.05) is 15.4 Å². The van der Waals surface area contributed by atoms with E-state index in [-0.39, 0.29) is 15.9 Å². The number of fused-ring (bicyclic) bond motifs is 1. The zero-order valence-corrected chi connectivity index (χ0v) is 19.3. The van der Waals surface area contributed by atoms with Crippen LogP contribution >= 0.6 is 34.8 Å². The molecule has 0 aliphatic rings. The lowest BCUT2D eigenvalue weighted by Crippen LogP contribution is -2.30. The van der Waals surface area contributed by atoms with Gasteiger partial charge in [-0.1, -0.05) is 53.0 Å². The van der Waals surface area contributed by atoms with E-state index in [0.717, 1.165) is 23.4 Å². The number of rotatable bonds is 4. The largest absolute Gasteiger partial charge is 0.268 e. The van der Waals surface area contributed by atoms with Gasteiger partial charge in [0.2, 0.25) is 10.0 Å². The summed E-state index contributed by atoms with van der Waals surface area (Å²) in [6, 6.07) is 14.8. The van der Waals surface area contributed by atoms with Gasteiger partial charge >= 0.3 is 0 Å². The average molecular weight is 513 g/mol. The van der Waals surface area contributed by atoms with Crippen LogP contribution in [0.1, 0.15) is 10.4 Å². The number of hydrogen-bond donors (Lipinski definition) is 1. The van der Waals surface area contributed by atoms with Crippen molar-refractivity contribution in [2.24, 2.45) is 0 Å². The fourth-order valence-corrected chi connectivity index (χ4v) is 4.22. The van der Waals surface area contributed by atoms with Gasteiger partial charge < -0.3 is 0 Å². The number of nitrogens with one attached hydrogen (secondary N) is 1. The monoisotopic (exact) mass is 511 g/mol. The molecule has 4 aromatic rings. The highest BCUT2D eigenvalue weighted by Crippen LogP contribution is 2.33. The summed E-state index contributed by atoms with van der Waals surface area (Å²) in [7, 11) is -3.90. The fourth-order valence-electron chi connectivity index (χ4n) is 3.20. The van der Waals surface area contributed by atoms with Crippen LogP contribution in [0.2, 0.25) is 15.2 Å². The second-order valence-electron chi connectivity index (χ2n) is 6.93. The first kappa shape index (κ1) is 22.5. The summed E-state index contributed by atoms with van der Waals surface area (Å²) < 4.78 is 41.0. The van der Waals surface area contributed by atoms with Crippen LogP contribution < -0.4 is 4.72 Å². The minimum atomic E-state index is -3.90. The van der Waals surface area contributed by atoms with Crippen LogP contribution in [0.15, 0.2) is 54.6 Å². The number of aromatic nitrogens is 2. The van der Waals surface area contributed by atoms with E-state index in [1.807, 2.05) is 12.1 Å². The third kappa shape index (κ3) is 4.45. The molecule has 164 valence electrons. The number of benzene rings is 3. The van der Waals surface area contributed by atoms with Gasteiger partial charge in [0.25, 0.3) is 5.91 Å². The van der Waals surface area contributed by atoms with Gasteiger partial charge in [-0.05, 0) is 47.5 Å². The molecular formula is C21H13Cl3FN3O3S. The van der Waals surface area contributed by atoms with E-state index < -0.39 is 27.3 Å². The highest BCUT2D eigenvalue weighted by molar-refractivity contribution is 7.89. The number of sulfonamides is 1. The van der Waals surface area contributed by atoms with E-state index in [9.17, 15) is 13.2 Å². The number of amides is 1. The van der Waals surface area contributed by atoms with Crippen molar-refractivity contribution in [1.82, 2.24) is 14.5 Å². The molecule has 1 amide bonds. The van der Waals surface area contributed by atoms with Crippen molar-refractivity contribution < 1.29 is 17.6 Å². The molecule has 0 saturated heterocycles.